The summed E-state index contributed by atoms with van der Waals surface area (Å²) in [6.45, 7) is 2.85. The maximum absolute atomic E-state index is 12.3. The third-order valence-electron chi connectivity index (χ3n) is 3.37. The van der Waals surface area contributed by atoms with E-state index in [1.54, 1.807) is 4.90 Å². The highest BCUT2D eigenvalue weighted by Crippen LogP contribution is 2.18. The molecule has 0 aliphatic carbocycles. The van der Waals surface area contributed by atoms with Gasteiger partial charge in [-0.2, -0.15) is 0 Å². The molecule has 0 saturated carbocycles. The van der Waals surface area contributed by atoms with Crippen LogP contribution < -0.4 is 0 Å². The summed E-state index contributed by atoms with van der Waals surface area (Å²) in [5.74, 6) is -1.35. The molecule has 19 heavy (non-hydrogen) atoms. The normalized spacial score (nSPS) is 23.2. The van der Waals surface area contributed by atoms with Gasteiger partial charge in [0.2, 0.25) is 0 Å². The van der Waals surface area contributed by atoms with Crippen molar-refractivity contribution in [3.63, 3.8) is 0 Å². The maximum atomic E-state index is 12.3. The zero-order chi connectivity index (χ0) is 14.0. The number of amides is 1. The Morgan fingerprint density at radius 1 is 1.47 bits per heavy atom. The molecule has 2 rings (SSSR count). The lowest BCUT2D eigenvalue weighted by atomic mass is 9.96. The molecule has 1 aliphatic heterocycles. The van der Waals surface area contributed by atoms with Crippen LogP contribution in [0, 0.1) is 5.92 Å². The second-order valence-electron chi connectivity index (χ2n) is 4.82. The Bertz CT molecular complexity index is 503. The van der Waals surface area contributed by atoms with Gasteiger partial charge < -0.3 is 15.1 Å². The molecule has 2 heterocycles. The number of carboxylic acids is 1. The van der Waals surface area contributed by atoms with Crippen LogP contribution in [0.4, 0.5) is 0 Å². The van der Waals surface area contributed by atoms with Crippen molar-refractivity contribution < 1.29 is 19.8 Å². The van der Waals surface area contributed by atoms with Gasteiger partial charge in [-0.05, 0) is 24.5 Å². The highest BCUT2D eigenvalue weighted by molar-refractivity contribution is 5.96. The topological polar surface area (TPSA) is 90.7 Å². The van der Waals surface area contributed by atoms with Crippen molar-refractivity contribution in [2.45, 2.75) is 19.4 Å². The molecule has 0 radical (unpaired) electrons. The summed E-state index contributed by atoms with van der Waals surface area (Å²) in [6, 6.07) is 2.78. The van der Waals surface area contributed by atoms with E-state index in [2.05, 4.69) is 4.98 Å². The van der Waals surface area contributed by atoms with E-state index in [0.717, 1.165) is 0 Å². The number of hydrogen-bond donors (Lipinski definition) is 2. The molecule has 2 unspecified atom stereocenters. The standard InChI is InChI=1S/C13H16N2O4/c1-8-7-15(5-3-11(8)16)12(17)9-2-4-14-10(6-9)13(18)19/h2,4,6,8,11,16H,3,5,7H2,1H3,(H,18,19). The van der Waals surface area contributed by atoms with Gasteiger partial charge in [-0.1, -0.05) is 6.92 Å². The van der Waals surface area contributed by atoms with E-state index in [9.17, 15) is 14.7 Å². The fourth-order valence-electron chi connectivity index (χ4n) is 2.18. The van der Waals surface area contributed by atoms with E-state index in [-0.39, 0.29) is 23.6 Å². The summed E-state index contributed by atoms with van der Waals surface area (Å²) < 4.78 is 0. The fraction of sp³-hybridized carbons (Fsp3) is 0.462. The summed E-state index contributed by atoms with van der Waals surface area (Å²) >= 11 is 0. The monoisotopic (exact) mass is 264 g/mol. The Labute approximate surface area is 110 Å². The van der Waals surface area contributed by atoms with Crippen LogP contribution in [0.2, 0.25) is 0 Å². The van der Waals surface area contributed by atoms with E-state index in [1.807, 2.05) is 6.92 Å². The van der Waals surface area contributed by atoms with Gasteiger partial charge in [0.25, 0.3) is 5.91 Å². The Morgan fingerprint density at radius 3 is 2.84 bits per heavy atom. The Morgan fingerprint density at radius 2 is 2.21 bits per heavy atom. The smallest absolute Gasteiger partial charge is 0.354 e. The van der Waals surface area contributed by atoms with Crippen molar-refractivity contribution in [1.29, 1.82) is 0 Å². The first kappa shape index (κ1) is 13.5. The minimum Gasteiger partial charge on any atom is -0.477 e. The molecule has 102 valence electrons. The minimum atomic E-state index is -1.16. The second-order valence-corrected chi connectivity index (χ2v) is 4.82. The molecule has 2 N–H and O–H groups in total. The molecular weight excluding hydrogens is 248 g/mol. The van der Waals surface area contributed by atoms with Gasteiger partial charge in [-0.25, -0.2) is 9.78 Å². The fourth-order valence-corrected chi connectivity index (χ4v) is 2.18. The van der Waals surface area contributed by atoms with E-state index >= 15 is 0 Å². The first-order chi connectivity index (χ1) is 8.99. The molecular formula is C13H16N2O4. The number of carbonyl (C=O) groups excluding carboxylic acids is 1. The van der Waals surface area contributed by atoms with E-state index < -0.39 is 5.97 Å². The average molecular weight is 264 g/mol. The number of likely N-dealkylation sites (tertiary alicyclic amines) is 1. The largest absolute Gasteiger partial charge is 0.477 e. The van der Waals surface area contributed by atoms with Crippen molar-refractivity contribution in [2.75, 3.05) is 13.1 Å². The zero-order valence-corrected chi connectivity index (χ0v) is 10.6. The third kappa shape index (κ3) is 2.90. The van der Waals surface area contributed by atoms with Crippen molar-refractivity contribution in [1.82, 2.24) is 9.88 Å². The van der Waals surface area contributed by atoms with Gasteiger partial charge in [0.15, 0.2) is 0 Å². The van der Waals surface area contributed by atoms with Crippen LogP contribution in [0.15, 0.2) is 18.3 Å². The zero-order valence-electron chi connectivity index (χ0n) is 10.6. The van der Waals surface area contributed by atoms with Crippen LogP contribution in [0.3, 0.4) is 0 Å². The summed E-state index contributed by atoms with van der Waals surface area (Å²) in [4.78, 5) is 28.4. The number of carboxylic acid groups (broad SMARTS) is 1. The van der Waals surface area contributed by atoms with Crippen molar-refractivity contribution in [3.8, 4) is 0 Å². The molecule has 1 fully saturated rings. The molecule has 1 aliphatic rings. The number of carbonyl (C=O) groups is 2. The summed E-state index contributed by atoms with van der Waals surface area (Å²) in [5.41, 5.74) is 0.173. The van der Waals surface area contributed by atoms with Crippen LogP contribution in [-0.4, -0.2) is 51.2 Å². The van der Waals surface area contributed by atoms with E-state index in [1.165, 1.54) is 18.3 Å². The number of nitrogens with zero attached hydrogens (tertiary/aromatic N) is 2. The average Bonchev–Trinajstić information content (AvgIpc) is 2.41. The lowest BCUT2D eigenvalue weighted by molar-refractivity contribution is 0.0297. The van der Waals surface area contributed by atoms with Gasteiger partial charge in [0, 0.05) is 24.8 Å². The van der Waals surface area contributed by atoms with E-state index in [4.69, 9.17) is 5.11 Å². The van der Waals surface area contributed by atoms with Gasteiger partial charge in [0.1, 0.15) is 5.69 Å². The highest BCUT2D eigenvalue weighted by atomic mass is 16.4. The Hall–Kier alpha value is -1.95. The number of aromatic carboxylic acids is 1. The number of rotatable bonds is 2. The minimum absolute atomic E-state index is 0.0264. The SMILES string of the molecule is CC1CN(C(=O)c2ccnc(C(=O)O)c2)CCC1O. The van der Waals surface area contributed by atoms with Crippen LogP contribution in [-0.2, 0) is 0 Å². The molecule has 6 nitrogen and oxygen atoms in total. The summed E-state index contributed by atoms with van der Waals surface area (Å²) in [6.07, 6.45) is 1.49. The van der Waals surface area contributed by atoms with Crippen LogP contribution in [0.25, 0.3) is 0 Å². The highest BCUT2D eigenvalue weighted by Gasteiger charge is 2.28. The van der Waals surface area contributed by atoms with Gasteiger partial charge in [-0.3, -0.25) is 4.79 Å². The lowest BCUT2D eigenvalue weighted by Gasteiger charge is -2.34. The molecule has 1 amide bonds. The second kappa shape index (κ2) is 5.36. The van der Waals surface area contributed by atoms with Crippen molar-refractivity contribution in [2.24, 2.45) is 5.92 Å². The molecule has 0 spiro atoms. The number of aromatic nitrogens is 1. The molecule has 1 aromatic heterocycles. The molecule has 1 saturated heterocycles. The number of aliphatic hydroxyl groups is 1. The molecule has 2 atom stereocenters. The summed E-state index contributed by atoms with van der Waals surface area (Å²) in [7, 11) is 0. The predicted molar refractivity (Wildman–Crippen MR) is 66.9 cm³/mol. The third-order valence-corrected chi connectivity index (χ3v) is 3.37. The Balaban J connectivity index is 2.16. The molecule has 6 heteroatoms. The Kier molecular flexibility index (Phi) is 3.80. The van der Waals surface area contributed by atoms with Crippen LogP contribution in [0.1, 0.15) is 34.2 Å². The lowest BCUT2D eigenvalue weighted by Crippen LogP contribution is -2.45. The first-order valence-electron chi connectivity index (χ1n) is 6.15. The number of pyridine rings is 1. The summed E-state index contributed by atoms with van der Waals surface area (Å²) in [5, 5.41) is 18.5. The number of hydrogen-bond acceptors (Lipinski definition) is 4. The molecule has 0 bridgehead atoms. The van der Waals surface area contributed by atoms with Gasteiger partial charge in [0.05, 0.1) is 6.10 Å². The van der Waals surface area contributed by atoms with Gasteiger partial charge in [-0.15, -0.1) is 0 Å². The van der Waals surface area contributed by atoms with E-state index in [0.29, 0.717) is 25.1 Å². The molecule has 0 aromatic carbocycles. The quantitative estimate of drug-likeness (QED) is 0.817. The van der Waals surface area contributed by atoms with Crippen molar-refractivity contribution >= 4 is 11.9 Å². The van der Waals surface area contributed by atoms with Crippen LogP contribution >= 0.6 is 0 Å². The number of aliphatic hydroxyl groups excluding tert-OH is 1. The van der Waals surface area contributed by atoms with Gasteiger partial charge >= 0.3 is 5.97 Å². The van der Waals surface area contributed by atoms with Crippen molar-refractivity contribution in [3.05, 3.63) is 29.6 Å². The molecule has 1 aromatic rings. The first-order valence-corrected chi connectivity index (χ1v) is 6.15. The maximum Gasteiger partial charge on any atom is 0.354 e. The number of piperidine rings is 1. The predicted octanol–water partition coefficient (Wildman–Crippen LogP) is 0.623. The van der Waals surface area contributed by atoms with Crippen LogP contribution in [0.5, 0.6) is 0 Å².